The summed E-state index contributed by atoms with van der Waals surface area (Å²) in [6.07, 6.45) is 4.50. The molecule has 0 radical (unpaired) electrons. The fourth-order valence-corrected chi connectivity index (χ4v) is 4.75. The first-order valence-corrected chi connectivity index (χ1v) is 10.6. The number of para-hydroxylation sites is 2. The molecule has 5 rings (SSSR count). The molecule has 1 amide bonds. The first-order chi connectivity index (χ1) is 14.6. The van der Waals surface area contributed by atoms with Crippen LogP contribution in [-0.2, 0) is 12.0 Å². The lowest BCUT2D eigenvalue weighted by molar-refractivity contribution is -0.00931. The van der Waals surface area contributed by atoms with Gasteiger partial charge in [-0.1, -0.05) is 25.1 Å². The van der Waals surface area contributed by atoms with E-state index in [9.17, 15) is 4.79 Å². The molecule has 3 heterocycles. The number of likely N-dealkylation sites (tertiary alicyclic amines) is 1. The zero-order valence-corrected chi connectivity index (χ0v) is 17.4. The fourth-order valence-electron chi connectivity index (χ4n) is 4.75. The van der Waals surface area contributed by atoms with Crippen molar-refractivity contribution in [1.82, 2.24) is 9.47 Å². The van der Waals surface area contributed by atoms with E-state index in [2.05, 4.69) is 35.9 Å². The molecule has 5 heteroatoms. The summed E-state index contributed by atoms with van der Waals surface area (Å²) in [5, 5.41) is 0. The Morgan fingerprint density at radius 2 is 1.90 bits per heavy atom. The molecule has 30 heavy (non-hydrogen) atoms. The van der Waals surface area contributed by atoms with E-state index < -0.39 is 5.60 Å². The summed E-state index contributed by atoms with van der Waals surface area (Å²) in [5.74, 6) is 1.74. The van der Waals surface area contributed by atoms with Gasteiger partial charge in [-0.05, 0) is 48.4 Å². The van der Waals surface area contributed by atoms with Gasteiger partial charge in [-0.2, -0.15) is 0 Å². The van der Waals surface area contributed by atoms with Crippen LogP contribution in [0.4, 0.5) is 0 Å². The second-order valence-corrected chi connectivity index (χ2v) is 8.00. The van der Waals surface area contributed by atoms with E-state index >= 15 is 0 Å². The number of nitrogens with zero attached hydrogens (tertiary/aromatic N) is 2. The standard InChI is InChI=1S/C25H26N2O3/c1-3-18-10-11-19(17-22(18)29-2)24(28)26-15-12-25(13-16-26)23-9-6-14-27(23)20-7-4-5-8-21(20)30-25/h4-11,14,17H,3,12-13,15-16H2,1-2H3. The Hall–Kier alpha value is -3.21. The van der Waals surface area contributed by atoms with Crippen LogP contribution >= 0.6 is 0 Å². The molecule has 1 aromatic heterocycles. The van der Waals surface area contributed by atoms with E-state index in [1.165, 1.54) is 5.69 Å². The van der Waals surface area contributed by atoms with Crippen LogP contribution in [0.1, 0.15) is 41.4 Å². The zero-order chi connectivity index (χ0) is 20.7. The first kappa shape index (κ1) is 18.8. The molecule has 1 saturated heterocycles. The Morgan fingerprint density at radius 1 is 1.10 bits per heavy atom. The maximum atomic E-state index is 13.2. The number of aryl methyl sites for hydroxylation is 1. The fraction of sp³-hybridized carbons (Fsp3) is 0.320. The SMILES string of the molecule is CCc1ccc(C(=O)N2CCC3(CC2)Oc2ccccc2-n2cccc23)cc1OC. The Balaban J connectivity index is 1.38. The molecular weight excluding hydrogens is 376 g/mol. The maximum Gasteiger partial charge on any atom is 0.253 e. The Bertz CT molecular complexity index is 1090. The molecule has 2 aliphatic rings. The van der Waals surface area contributed by atoms with Gasteiger partial charge in [0, 0.05) is 37.7 Å². The maximum absolute atomic E-state index is 13.2. The normalized spacial score (nSPS) is 16.5. The number of aromatic nitrogens is 1. The summed E-state index contributed by atoms with van der Waals surface area (Å²) in [6.45, 7) is 3.40. The van der Waals surface area contributed by atoms with Gasteiger partial charge in [0.1, 0.15) is 11.5 Å². The molecule has 0 saturated carbocycles. The highest BCUT2D eigenvalue weighted by Gasteiger charge is 2.44. The van der Waals surface area contributed by atoms with Crippen LogP contribution in [0.5, 0.6) is 11.5 Å². The third-order valence-corrected chi connectivity index (χ3v) is 6.42. The highest BCUT2D eigenvalue weighted by Crippen LogP contribution is 2.45. The predicted molar refractivity (Wildman–Crippen MR) is 116 cm³/mol. The highest BCUT2D eigenvalue weighted by atomic mass is 16.5. The minimum absolute atomic E-state index is 0.0531. The lowest BCUT2D eigenvalue weighted by atomic mass is 9.86. The van der Waals surface area contributed by atoms with Crippen LogP contribution in [-0.4, -0.2) is 35.6 Å². The first-order valence-electron chi connectivity index (χ1n) is 10.6. The van der Waals surface area contributed by atoms with Crippen LogP contribution < -0.4 is 9.47 Å². The summed E-state index contributed by atoms with van der Waals surface area (Å²) < 4.78 is 14.3. The monoisotopic (exact) mass is 402 g/mol. The molecule has 0 atom stereocenters. The van der Waals surface area contributed by atoms with Crippen LogP contribution in [0.3, 0.4) is 0 Å². The van der Waals surface area contributed by atoms with Gasteiger partial charge in [0.2, 0.25) is 0 Å². The van der Waals surface area contributed by atoms with Crippen molar-refractivity contribution in [2.24, 2.45) is 0 Å². The summed E-state index contributed by atoms with van der Waals surface area (Å²) >= 11 is 0. The average molecular weight is 402 g/mol. The van der Waals surface area contributed by atoms with Gasteiger partial charge in [-0.3, -0.25) is 4.79 Å². The number of carbonyl (C=O) groups excluding carboxylic acids is 1. The number of rotatable bonds is 3. The van der Waals surface area contributed by atoms with Gasteiger partial charge >= 0.3 is 0 Å². The van der Waals surface area contributed by atoms with Crippen LogP contribution in [0.15, 0.2) is 60.8 Å². The number of amides is 1. The number of methoxy groups -OCH3 is 1. The summed E-state index contributed by atoms with van der Waals surface area (Å²) in [6, 6.07) is 18.1. The Labute approximate surface area is 176 Å². The number of fused-ring (bicyclic) bond motifs is 4. The van der Waals surface area contributed by atoms with Crippen LogP contribution in [0.25, 0.3) is 5.69 Å². The summed E-state index contributed by atoms with van der Waals surface area (Å²) in [7, 11) is 1.65. The topological polar surface area (TPSA) is 43.7 Å². The zero-order valence-electron chi connectivity index (χ0n) is 17.4. The molecule has 1 fully saturated rings. The third kappa shape index (κ3) is 2.88. The lowest BCUT2D eigenvalue weighted by Crippen LogP contribution is -2.50. The minimum Gasteiger partial charge on any atom is -0.496 e. The van der Waals surface area contributed by atoms with Crippen molar-refractivity contribution < 1.29 is 14.3 Å². The van der Waals surface area contributed by atoms with Crippen LogP contribution in [0, 0.1) is 0 Å². The molecular formula is C25H26N2O3. The molecule has 3 aromatic rings. The van der Waals surface area contributed by atoms with E-state index in [1.54, 1.807) is 7.11 Å². The number of hydrogen-bond acceptors (Lipinski definition) is 3. The Morgan fingerprint density at radius 3 is 2.67 bits per heavy atom. The van der Waals surface area contributed by atoms with E-state index in [4.69, 9.17) is 9.47 Å². The molecule has 1 spiro atoms. The Kier molecular flexibility index (Phi) is 4.54. The van der Waals surface area contributed by atoms with Crippen molar-refractivity contribution in [3.05, 3.63) is 77.6 Å². The number of piperidine rings is 1. The second kappa shape index (κ2) is 7.24. The molecule has 2 aliphatic heterocycles. The molecule has 0 N–H and O–H groups in total. The molecule has 2 aromatic carbocycles. The van der Waals surface area contributed by atoms with Crippen molar-refractivity contribution in [2.75, 3.05) is 20.2 Å². The van der Waals surface area contributed by atoms with E-state index in [0.29, 0.717) is 18.7 Å². The predicted octanol–water partition coefficient (Wildman–Crippen LogP) is 4.57. The van der Waals surface area contributed by atoms with E-state index in [1.807, 2.05) is 41.3 Å². The quantitative estimate of drug-likeness (QED) is 0.644. The number of hydrogen-bond donors (Lipinski definition) is 0. The lowest BCUT2D eigenvalue weighted by Gasteiger charge is -2.45. The number of carbonyl (C=O) groups is 1. The van der Waals surface area contributed by atoms with Gasteiger partial charge in [-0.15, -0.1) is 0 Å². The van der Waals surface area contributed by atoms with Gasteiger partial charge in [0.15, 0.2) is 5.60 Å². The molecule has 5 nitrogen and oxygen atoms in total. The average Bonchev–Trinajstić information content (AvgIpc) is 3.30. The van der Waals surface area contributed by atoms with Crippen molar-refractivity contribution in [1.29, 1.82) is 0 Å². The van der Waals surface area contributed by atoms with Crippen LogP contribution in [0.2, 0.25) is 0 Å². The largest absolute Gasteiger partial charge is 0.496 e. The molecule has 0 unspecified atom stereocenters. The van der Waals surface area contributed by atoms with Crippen molar-refractivity contribution in [3.63, 3.8) is 0 Å². The van der Waals surface area contributed by atoms with Crippen molar-refractivity contribution in [3.8, 4) is 17.2 Å². The summed E-state index contributed by atoms with van der Waals surface area (Å²) in [4.78, 5) is 15.1. The van der Waals surface area contributed by atoms with Crippen molar-refractivity contribution >= 4 is 5.91 Å². The van der Waals surface area contributed by atoms with Crippen molar-refractivity contribution in [2.45, 2.75) is 31.8 Å². The van der Waals surface area contributed by atoms with Gasteiger partial charge in [-0.25, -0.2) is 0 Å². The molecule has 0 bridgehead atoms. The van der Waals surface area contributed by atoms with Gasteiger partial charge in [0.05, 0.1) is 18.5 Å². The van der Waals surface area contributed by atoms with Gasteiger partial charge in [0.25, 0.3) is 5.91 Å². The molecule has 154 valence electrons. The van der Waals surface area contributed by atoms with Gasteiger partial charge < -0.3 is 18.9 Å². The number of ether oxygens (including phenoxy) is 2. The van der Waals surface area contributed by atoms with E-state index in [-0.39, 0.29) is 5.91 Å². The smallest absolute Gasteiger partial charge is 0.253 e. The second-order valence-electron chi connectivity index (χ2n) is 8.00. The summed E-state index contributed by atoms with van der Waals surface area (Å²) in [5.41, 5.74) is 3.64. The highest BCUT2D eigenvalue weighted by molar-refractivity contribution is 5.94. The number of benzene rings is 2. The third-order valence-electron chi connectivity index (χ3n) is 6.42. The minimum atomic E-state index is -0.390. The molecule has 0 aliphatic carbocycles. The van der Waals surface area contributed by atoms with E-state index in [0.717, 1.165) is 42.0 Å².